The minimum atomic E-state index is -0.155. The molecule has 0 aliphatic carbocycles. The van der Waals surface area contributed by atoms with E-state index < -0.39 is 0 Å². The van der Waals surface area contributed by atoms with Crippen molar-refractivity contribution in [3.05, 3.63) is 19.1 Å². The number of hydrogen-bond donors (Lipinski definition) is 0. The van der Waals surface area contributed by atoms with E-state index in [0.717, 1.165) is 32.1 Å². The van der Waals surface area contributed by atoms with Crippen LogP contribution in [0.3, 0.4) is 0 Å². The topological polar surface area (TPSA) is 26.3 Å². The highest BCUT2D eigenvalue weighted by Crippen LogP contribution is 2.13. The average Bonchev–Trinajstić information content (AvgIpc) is 2.45. The van der Waals surface area contributed by atoms with E-state index in [4.69, 9.17) is 4.74 Å². The Balaban J connectivity index is 3.75. The lowest BCUT2D eigenvalue weighted by molar-refractivity contribution is -0.146. The van der Waals surface area contributed by atoms with Crippen molar-refractivity contribution in [3.63, 3.8) is 0 Å². The molecular weight excluding hydrogens is 260 g/mol. The highest BCUT2D eigenvalue weighted by Gasteiger charge is 2.09. The van der Waals surface area contributed by atoms with Gasteiger partial charge >= 0.3 is 5.97 Å². The molecule has 0 fully saturated rings. The smallest absolute Gasteiger partial charge is 0.302 e. The zero-order valence-corrected chi connectivity index (χ0v) is 14.2. The Kier molecular flexibility index (Phi) is 15.0. The molecule has 1 radical (unpaired) electrons. The molecular formula is C19H35O2. The minimum Gasteiger partial charge on any atom is -0.462 e. The van der Waals surface area contributed by atoms with Crippen molar-refractivity contribution in [2.75, 3.05) is 0 Å². The van der Waals surface area contributed by atoms with E-state index in [9.17, 15) is 4.79 Å². The van der Waals surface area contributed by atoms with Crippen molar-refractivity contribution in [2.45, 2.75) is 97.0 Å². The lowest BCUT2D eigenvalue weighted by atomic mass is 10.1. The van der Waals surface area contributed by atoms with Gasteiger partial charge in [-0.3, -0.25) is 4.79 Å². The SMILES string of the molecule is [CH2]CCCCCC/C=C/CC(CCCCCC)OC(C)=O. The minimum absolute atomic E-state index is 0.0711. The van der Waals surface area contributed by atoms with Crippen LogP contribution in [0, 0.1) is 6.92 Å². The van der Waals surface area contributed by atoms with Crippen LogP contribution in [0.4, 0.5) is 0 Å². The second-order valence-electron chi connectivity index (χ2n) is 5.84. The van der Waals surface area contributed by atoms with Crippen LogP contribution in [0.15, 0.2) is 12.2 Å². The number of rotatable bonds is 14. The Bertz CT molecular complexity index is 258. The van der Waals surface area contributed by atoms with Gasteiger partial charge in [-0.2, -0.15) is 0 Å². The van der Waals surface area contributed by atoms with Crippen molar-refractivity contribution < 1.29 is 9.53 Å². The lowest BCUT2D eigenvalue weighted by Crippen LogP contribution is -2.15. The molecule has 0 heterocycles. The fourth-order valence-electron chi connectivity index (χ4n) is 2.42. The van der Waals surface area contributed by atoms with Crippen molar-refractivity contribution in [1.29, 1.82) is 0 Å². The molecule has 0 N–H and O–H groups in total. The van der Waals surface area contributed by atoms with Gasteiger partial charge in [-0.15, -0.1) is 0 Å². The van der Waals surface area contributed by atoms with Gasteiger partial charge in [0.1, 0.15) is 6.10 Å². The summed E-state index contributed by atoms with van der Waals surface area (Å²) in [5.41, 5.74) is 0. The Labute approximate surface area is 132 Å². The quantitative estimate of drug-likeness (QED) is 0.223. The number of hydrogen-bond acceptors (Lipinski definition) is 2. The van der Waals surface area contributed by atoms with Crippen LogP contribution in [0.5, 0.6) is 0 Å². The van der Waals surface area contributed by atoms with Gasteiger partial charge in [0.05, 0.1) is 0 Å². The molecule has 2 nitrogen and oxygen atoms in total. The van der Waals surface area contributed by atoms with Crippen molar-refractivity contribution in [1.82, 2.24) is 0 Å². The first-order valence-electron chi connectivity index (χ1n) is 8.82. The van der Waals surface area contributed by atoms with Crippen LogP contribution in [-0.2, 0) is 9.53 Å². The van der Waals surface area contributed by atoms with Crippen LogP contribution < -0.4 is 0 Å². The molecule has 2 heteroatoms. The van der Waals surface area contributed by atoms with E-state index in [2.05, 4.69) is 26.0 Å². The number of unbranched alkanes of at least 4 members (excludes halogenated alkanes) is 8. The van der Waals surface area contributed by atoms with Crippen molar-refractivity contribution in [2.24, 2.45) is 0 Å². The number of carbonyl (C=O) groups is 1. The van der Waals surface area contributed by atoms with Crippen LogP contribution >= 0.6 is 0 Å². The molecule has 0 saturated carbocycles. The van der Waals surface area contributed by atoms with Gasteiger partial charge in [0, 0.05) is 13.3 Å². The molecule has 1 unspecified atom stereocenters. The second kappa shape index (κ2) is 15.6. The number of carbonyl (C=O) groups excluding carboxylic acids is 1. The summed E-state index contributed by atoms with van der Waals surface area (Å²) in [6.07, 6.45) is 18.6. The Morgan fingerprint density at radius 1 is 1.05 bits per heavy atom. The molecule has 21 heavy (non-hydrogen) atoms. The van der Waals surface area contributed by atoms with Gasteiger partial charge in [0.25, 0.3) is 0 Å². The highest BCUT2D eigenvalue weighted by molar-refractivity contribution is 5.66. The van der Waals surface area contributed by atoms with Gasteiger partial charge < -0.3 is 4.74 Å². The monoisotopic (exact) mass is 295 g/mol. The molecule has 0 saturated heterocycles. The Morgan fingerprint density at radius 3 is 2.43 bits per heavy atom. The third kappa shape index (κ3) is 15.4. The molecule has 0 aromatic carbocycles. The van der Waals surface area contributed by atoms with Gasteiger partial charge in [-0.1, -0.05) is 70.9 Å². The van der Waals surface area contributed by atoms with Crippen LogP contribution in [0.2, 0.25) is 0 Å². The average molecular weight is 295 g/mol. The number of allylic oxidation sites excluding steroid dienone is 1. The molecule has 0 aromatic rings. The first-order chi connectivity index (χ1) is 10.2. The summed E-state index contributed by atoms with van der Waals surface area (Å²) in [4.78, 5) is 11.1. The fourth-order valence-corrected chi connectivity index (χ4v) is 2.42. The molecule has 0 amide bonds. The molecule has 0 rings (SSSR count). The summed E-state index contributed by atoms with van der Waals surface area (Å²) in [7, 11) is 0. The third-order valence-corrected chi connectivity index (χ3v) is 3.65. The predicted molar refractivity (Wildman–Crippen MR) is 91.1 cm³/mol. The number of esters is 1. The molecule has 0 aliphatic heterocycles. The zero-order valence-electron chi connectivity index (χ0n) is 14.2. The Hall–Kier alpha value is -0.790. The normalized spacial score (nSPS) is 12.7. The van der Waals surface area contributed by atoms with E-state index in [0.29, 0.717) is 0 Å². The summed E-state index contributed by atoms with van der Waals surface area (Å²) in [5, 5.41) is 0. The number of ether oxygens (including phenoxy) is 1. The van der Waals surface area contributed by atoms with Crippen LogP contribution in [-0.4, -0.2) is 12.1 Å². The zero-order chi connectivity index (χ0) is 15.8. The second-order valence-corrected chi connectivity index (χ2v) is 5.84. The summed E-state index contributed by atoms with van der Waals surface area (Å²) in [5.74, 6) is -0.155. The van der Waals surface area contributed by atoms with E-state index >= 15 is 0 Å². The van der Waals surface area contributed by atoms with Gasteiger partial charge in [-0.25, -0.2) is 0 Å². The lowest BCUT2D eigenvalue weighted by Gasteiger charge is -2.15. The third-order valence-electron chi connectivity index (χ3n) is 3.65. The molecule has 0 aliphatic rings. The predicted octanol–water partition coefficient (Wildman–Crippen LogP) is 6.01. The summed E-state index contributed by atoms with van der Waals surface area (Å²) in [6.45, 7) is 7.57. The molecule has 1 atom stereocenters. The summed E-state index contributed by atoms with van der Waals surface area (Å²) >= 11 is 0. The molecule has 0 spiro atoms. The largest absolute Gasteiger partial charge is 0.462 e. The first-order valence-corrected chi connectivity index (χ1v) is 8.82. The van der Waals surface area contributed by atoms with Crippen LogP contribution in [0.1, 0.15) is 90.9 Å². The maximum Gasteiger partial charge on any atom is 0.302 e. The van der Waals surface area contributed by atoms with E-state index in [1.807, 2.05) is 0 Å². The van der Waals surface area contributed by atoms with Gasteiger partial charge in [0.2, 0.25) is 0 Å². The molecule has 0 aromatic heterocycles. The summed E-state index contributed by atoms with van der Waals surface area (Å²) in [6, 6.07) is 0. The van der Waals surface area contributed by atoms with E-state index in [-0.39, 0.29) is 12.1 Å². The standard InChI is InChI=1S/C19H35O2/c1-4-6-8-10-11-12-13-15-17-19(21-18(3)20)16-14-9-7-5-2/h13,15,19H,1,4-12,14,16-17H2,2-3H3/b15-13+. The van der Waals surface area contributed by atoms with E-state index in [1.54, 1.807) is 0 Å². The van der Waals surface area contributed by atoms with E-state index in [1.165, 1.54) is 51.9 Å². The maximum absolute atomic E-state index is 11.1. The highest BCUT2D eigenvalue weighted by atomic mass is 16.5. The molecule has 123 valence electrons. The first kappa shape index (κ1) is 20.2. The maximum atomic E-state index is 11.1. The Morgan fingerprint density at radius 2 is 1.76 bits per heavy atom. The molecule has 0 bridgehead atoms. The van der Waals surface area contributed by atoms with Gasteiger partial charge in [0.15, 0.2) is 0 Å². The fraction of sp³-hybridized carbons (Fsp3) is 0.789. The van der Waals surface area contributed by atoms with Gasteiger partial charge in [-0.05, 0) is 25.7 Å². The van der Waals surface area contributed by atoms with Crippen LogP contribution in [0.25, 0.3) is 0 Å². The van der Waals surface area contributed by atoms with Crippen molar-refractivity contribution in [3.8, 4) is 0 Å². The van der Waals surface area contributed by atoms with Crippen molar-refractivity contribution >= 4 is 5.97 Å². The summed E-state index contributed by atoms with van der Waals surface area (Å²) < 4.78 is 5.39.